The number of barbiturate groups is 1. The third-order valence-electron chi connectivity index (χ3n) is 2.44. The molecule has 0 spiro atoms. The van der Waals surface area contributed by atoms with E-state index in [1.165, 1.54) is 12.3 Å². The van der Waals surface area contributed by atoms with Crippen molar-refractivity contribution in [1.82, 2.24) is 16.1 Å². The van der Waals surface area contributed by atoms with E-state index < -0.39 is 23.4 Å². The van der Waals surface area contributed by atoms with Crippen LogP contribution in [0.1, 0.15) is 5.76 Å². The minimum Gasteiger partial charge on any atom is -0.469 e. The number of furan rings is 1. The third-order valence-corrected chi connectivity index (χ3v) is 2.44. The van der Waals surface area contributed by atoms with Gasteiger partial charge in [-0.3, -0.25) is 20.2 Å². The first kappa shape index (κ1) is 11.3. The van der Waals surface area contributed by atoms with Gasteiger partial charge in [-0.1, -0.05) is 0 Å². The van der Waals surface area contributed by atoms with Crippen molar-refractivity contribution >= 4 is 17.8 Å². The predicted molar refractivity (Wildman–Crippen MR) is 51.7 cm³/mol. The Hall–Kier alpha value is -2.19. The fourth-order valence-electron chi connectivity index (χ4n) is 1.53. The summed E-state index contributed by atoms with van der Waals surface area (Å²) >= 11 is 0. The van der Waals surface area contributed by atoms with Crippen LogP contribution >= 0.6 is 0 Å². The van der Waals surface area contributed by atoms with Gasteiger partial charge in [0.15, 0.2) is 0 Å². The number of rotatable bonds is 3. The van der Waals surface area contributed by atoms with Crippen molar-refractivity contribution in [3.05, 3.63) is 24.2 Å². The van der Waals surface area contributed by atoms with Gasteiger partial charge in [-0.2, -0.15) is 5.48 Å². The smallest absolute Gasteiger partial charge is 0.328 e. The van der Waals surface area contributed by atoms with E-state index in [9.17, 15) is 14.4 Å². The molecule has 4 amide bonds. The maximum atomic E-state index is 11.6. The molecule has 0 aliphatic carbocycles. The second kappa shape index (κ2) is 4.00. The number of imide groups is 2. The summed E-state index contributed by atoms with van der Waals surface area (Å²) < 4.78 is 4.99. The molecule has 4 N–H and O–H groups in total. The zero-order valence-electron chi connectivity index (χ0n) is 8.52. The van der Waals surface area contributed by atoms with Crippen LogP contribution in [0.3, 0.4) is 0 Å². The van der Waals surface area contributed by atoms with Gasteiger partial charge >= 0.3 is 6.03 Å². The molecule has 0 unspecified atom stereocenters. The summed E-state index contributed by atoms with van der Waals surface area (Å²) in [6.07, 6.45) is 1.14. The van der Waals surface area contributed by atoms with Gasteiger partial charge in [-0.05, 0) is 12.1 Å². The summed E-state index contributed by atoms with van der Waals surface area (Å²) in [6, 6.07) is 2.19. The van der Waals surface area contributed by atoms with E-state index in [-0.39, 0.29) is 6.42 Å². The number of amides is 4. The molecular weight excluding hydrogens is 230 g/mol. The third kappa shape index (κ3) is 1.79. The number of urea groups is 1. The van der Waals surface area contributed by atoms with Gasteiger partial charge in [0.25, 0.3) is 11.8 Å². The van der Waals surface area contributed by atoms with E-state index in [1.54, 1.807) is 11.5 Å². The van der Waals surface area contributed by atoms with Gasteiger partial charge < -0.3 is 9.62 Å². The number of nitrogens with one attached hydrogen (secondary N) is 3. The molecule has 8 nitrogen and oxygen atoms in total. The van der Waals surface area contributed by atoms with Gasteiger partial charge in [0.2, 0.25) is 5.54 Å². The number of carbonyl (C=O) groups excluding carboxylic acids is 3. The first-order valence-corrected chi connectivity index (χ1v) is 4.69. The maximum absolute atomic E-state index is 11.6. The van der Waals surface area contributed by atoms with Crippen LogP contribution in [0.5, 0.6) is 0 Å². The van der Waals surface area contributed by atoms with Gasteiger partial charge in [0, 0.05) is 6.42 Å². The van der Waals surface area contributed by atoms with Crippen LogP contribution in [-0.2, 0) is 16.0 Å². The molecule has 8 heteroatoms. The molecule has 1 aliphatic heterocycles. The van der Waals surface area contributed by atoms with E-state index in [2.05, 4.69) is 0 Å². The van der Waals surface area contributed by atoms with Crippen LogP contribution < -0.4 is 16.1 Å². The Morgan fingerprint density at radius 1 is 1.29 bits per heavy atom. The van der Waals surface area contributed by atoms with Gasteiger partial charge in [-0.15, -0.1) is 0 Å². The largest absolute Gasteiger partial charge is 0.469 e. The summed E-state index contributed by atoms with van der Waals surface area (Å²) in [4.78, 5) is 34.2. The Balaban J connectivity index is 2.32. The second-order valence-corrected chi connectivity index (χ2v) is 3.51. The molecule has 1 saturated heterocycles. The molecule has 0 radical (unpaired) electrons. The average molecular weight is 239 g/mol. The number of hydroxylamine groups is 1. The first-order valence-electron chi connectivity index (χ1n) is 4.69. The molecule has 2 heterocycles. The fourth-order valence-corrected chi connectivity index (χ4v) is 1.53. The Labute approximate surface area is 94.9 Å². The van der Waals surface area contributed by atoms with Gasteiger partial charge in [0.05, 0.1) is 6.26 Å². The Kier molecular flexibility index (Phi) is 2.66. The average Bonchev–Trinajstić information content (AvgIpc) is 2.76. The molecule has 1 aromatic rings. The highest BCUT2D eigenvalue weighted by Crippen LogP contribution is 2.16. The van der Waals surface area contributed by atoms with Crippen molar-refractivity contribution in [2.45, 2.75) is 12.0 Å². The zero-order chi connectivity index (χ0) is 12.5. The van der Waals surface area contributed by atoms with Gasteiger partial charge in [0.1, 0.15) is 5.76 Å². The van der Waals surface area contributed by atoms with Crippen molar-refractivity contribution in [2.24, 2.45) is 0 Å². The SMILES string of the molecule is O=C1NC(=O)C(Cc2ccco2)(NO)C(=O)N1. The quantitative estimate of drug-likeness (QED) is 0.392. The molecule has 90 valence electrons. The molecule has 2 rings (SSSR count). The summed E-state index contributed by atoms with van der Waals surface area (Å²) in [5.74, 6) is -1.57. The highest BCUT2D eigenvalue weighted by molar-refractivity contribution is 6.22. The molecule has 17 heavy (non-hydrogen) atoms. The zero-order valence-corrected chi connectivity index (χ0v) is 8.52. The molecule has 0 aromatic carbocycles. The lowest BCUT2D eigenvalue weighted by Gasteiger charge is -2.31. The van der Waals surface area contributed by atoms with E-state index in [0.29, 0.717) is 5.76 Å². The Bertz CT molecular complexity index is 447. The fraction of sp³-hybridized carbons (Fsp3) is 0.222. The minimum absolute atomic E-state index is 0.221. The standard InChI is InChI=1S/C9H9N3O5/c13-6-9(12-16,4-5-2-1-3-17-5)7(14)11-8(15)10-6/h1-3,12,16H,4H2,(H2,10,11,13,14,15). The topological polar surface area (TPSA) is 121 Å². The van der Waals surface area contributed by atoms with E-state index in [4.69, 9.17) is 9.62 Å². The lowest BCUT2D eigenvalue weighted by Crippen LogP contribution is -2.72. The predicted octanol–water partition coefficient (Wildman–Crippen LogP) is -1.09. The number of hydrogen-bond donors (Lipinski definition) is 4. The summed E-state index contributed by atoms with van der Waals surface area (Å²) in [6.45, 7) is 0. The highest BCUT2D eigenvalue weighted by atomic mass is 16.5. The molecule has 0 atom stereocenters. The van der Waals surface area contributed by atoms with Crippen molar-refractivity contribution in [1.29, 1.82) is 0 Å². The van der Waals surface area contributed by atoms with E-state index >= 15 is 0 Å². The van der Waals surface area contributed by atoms with Crippen LogP contribution in [0.15, 0.2) is 22.8 Å². The lowest BCUT2D eigenvalue weighted by molar-refractivity contribution is -0.145. The van der Waals surface area contributed by atoms with Crippen LogP contribution in [0.2, 0.25) is 0 Å². The second-order valence-electron chi connectivity index (χ2n) is 3.51. The molecule has 1 aromatic heterocycles. The monoisotopic (exact) mass is 239 g/mol. The summed E-state index contributed by atoms with van der Waals surface area (Å²) in [5, 5.41) is 12.8. The van der Waals surface area contributed by atoms with Crippen molar-refractivity contribution < 1.29 is 24.0 Å². The lowest BCUT2D eigenvalue weighted by atomic mass is 9.91. The van der Waals surface area contributed by atoms with Crippen molar-refractivity contribution in [2.75, 3.05) is 0 Å². The molecule has 0 saturated carbocycles. The normalized spacial score (nSPS) is 18.8. The minimum atomic E-state index is -1.97. The van der Waals surface area contributed by atoms with Crippen molar-refractivity contribution in [3.63, 3.8) is 0 Å². The van der Waals surface area contributed by atoms with Crippen molar-refractivity contribution in [3.8, 4) is 0 Å². The van der Waals surface area contributed by atoms with Crippen LogP contribution in [0.4, 0.5) is 4.79 Å². The van der Waals surface area contributed by atoms with Crippen LogP contribution in [0.25, 0.3) is 0 Å². The number of carbonyl (C=O) groups is 3. The van der Waals surface area contributed by atoms with Gasteiger partial charge in [-0.25, -0.2) is 4.79 Å². The van der Waals surface area contributed by atoms with Crippen LogP contribution in [0, 0.1) is 0 Å². The molecule has 0 bridgehead atoms. The molecule has 1 fully saturated rings. The van der Waals surface area contributed by atoms with Crippen LogP contribution in [-0.4, -0.2) is 28.6 Å². The summed E-state index contributed by atoms with van der Waals surface area (Å²) in [7, 11) is 0. The van der Waals surface area contributed by atoms with E-state index in [1.807, 2.05) is 10.6 Å². The highest BCUT2D eigenvalue weighted by Gasteiger charge is 2.51. The number of hydrogen-bond acceptors (Lipinski definition) is 6. The first-order chi connectivity index (χ1) is 8.08. The summed E-state index contributed by atoms with van der Waals surface area (Å²) in [5.41, 5.74) is -0.327. The Morgan fingerprint density at radius 3 is 2.41 bits per heavy atom. The molecular formula is C9H9N3O5. The maximum Gasteiger partial charge on any atom is 0.328 e. The Morgan fingerprint density at radius 2 is 1.94 bits per heavy atom. The van der Waals surface area contributed by atoms with E-state index in [0.717, 1.165) is 0 Å². The molecule has 1 aliphatic rings.